The number of rotatable bonds is 24. The number of allylic oxidation sites excluding steroid dienone is 1. The number of carbonyl (C=O) groups excluding carboxylic acids is 1. The summed E-state index contributed by atoms with van der Waals surface area (Å²) < 4.78 is 30.9. The van der Waals surface area contributed by atoms with Gasteiger partial charge in [-0.25, -0.2) is 4.79 Å². The molecule has 0 fully saturated rings. The van der Waals surface area contributed by atoms with Crippen molar-refractivity contribution in [3.8, 4) is 0 Å². The highest BCUT2D eigenvalue weighted by atomic mass is 31.1. The second-order valence-corrected chi connectivity index (χ2v) is 9.73. The fraction of sp³-hybridized carbons (Fsp3) is 0.880. The van der Waals surface area contributed by atoms with Gasteiger partial charge in [0, 0.05) is 6.08 Å². The second-order valence-electron chi connectivity index (χ2n) is 8.15. The van der Waals surface area contributed by atoms with E-state index in [9.17, 15) is 9.36 Å². The summed E-state index contributed by atoms with van der Waals surface area (Å²) in [5.74, 6) is 0. The topological polar surface area (TPSA) is 61.8 Å². The van der Waals surface area contributed by atoms with Crippen molar-refractivity contribution in [2.24, 2.45) is 0 Å². The molecule has 31 heavy (non-hydrogen) atoms. The fourth-order valence-corrected chi connectivity index (χ4v) is 4.30. The Morgan fingerprint density at radius 3 is 1.29 bits per heavy atom. The van der Waals surface area contributed by atoms with Crippen molar-refractivity contribution in [1.82, 2.24) is 0 Å². The van der Waals surface area contributed by atoms with E-state index in [-0.39, 0.29) is 0 Å². The third kappa shape index (κ3) is 15.0. The van der Waals surface area contributed by atoms with Crippen molar-refractivity contribution in [2.75, 3.05) is 19.8 Å². The second kappa shape index (κ2) is 21.2. The predicted molar refractivity (Wildman–Crippen MR) is 130 cm³/mol. The van der Waals surface area contributed by atoms with E-state index in [0.717, 1.165) is 63.9 Å². The molecule has 6 heteroatoms. The van der Waals surface area contributed by atoms with Crippen LogP contribution in [0.5, 0.6) is 0 Å². The van der Waals surface area contributed by atoms with Crippen LogP contribution in [-0.2, 0) is 23.6 Å². The maximum atomic E-state index is 13.0. The zero-order chi connectivity index (χ0) is 23.2. The van der Waals surface area contributed by atoms with Crippen LogP contribution in [0.4, 0.5) is 0 Å². The van der Waals surface area contributed by atoms with E-state index in [1.807, 2.05) is 0 Å². The van der Waals surface area contributed by atoms with Gasteiger partial charge >= 0.3 is 19.0 Å². The third-order valence-corrected chi connectivity index (χ3v) is 6.69. The minimum atomic E-state index is -2.55. The molecule has 0 heterocycles. The van der Waals surface area contributed by atoms with Gasteiger partial charge < -0.3 is 0 Å². The number of carbonyl (C=O) groups is 1. The highest BCUT2D eigenvalue weighted by Crippen LogP contribution is 2.44. The molecule has 1 unspecified atom stereocenters. The van der Waals surface area contributed by atoms with Crippen LogP contribution < -0.4 is 0 Å². The first-order chi connectivity index (χ1) is 15.1. The molecule has 0 aromatic carbocycles. The van der Waals surface area contributed by atoms with E-state index in [1.165, 1.54) is 38.5 Å². The summed E-state index contributed by atoms with van der Waals surface area (Å²) in [5.41, 5.74) is -2.38. The Kier molecular flexibility index (Phi) is 20.8. The molecule has 0 saturated carbocycles. The van der Waals surface area contributed by atoms with Crippen LogP contribution >= 0.6 is 7.80 Å². The minimum Gasteiger partial charge on any atom is -0.285 e. The molecule has 5 nitrogen and oxygen atoms in total. The summed E-state index contributed by atoms with van der Waals surface area (Å²) in [6, 6.07) is 0. The van der Waals surface area contributed by atoms with Gasteiger partial charge in [-0.05, 0) is 19.3 Å². The number of ether oxygens (including phenoxy) is 3. The molecule has 0 aliphatic rings. The largest absolute Gasteiger partial charge is 0.519 e. The highest BCUT2D eigenvalue weighted by molar-refractivity contribution is 7.65. The van der Waals surface area contributed by atoms with E-state index >= 15 is 0 Å². The summed E-state index contributed by atoms with van der Waals surface area (Å²) in [4.78, 5) is 12.2. The quantitative estimate of drug-likeness (QED) is 0.0631. The smallest absolute Gasteiger partial charge is 0.285 e. The van der Waals surface area contributed by atoms with Gasteiger partial charge in [-0.15, -0.1) is 0 Å². The summed E-state index contributed by atoms with van der Waals surface area (Å²) in [6.45, 7) is 11.1. The molecule has 1 atom stereocenters. The van der Waals surface area contributed by atoms with E-state index < -0.39 is 19.0 Å². The average Bonchev–Trinajstić information content (AvgIpc) is 2.79. The Labute approximate surface area is 192 Å². The van der Waals surface area contributed by atoms with Crippen LogP contribution in [0.15, 0.2) is 12.7 Å². The average molecular weight is 460 g/mol. The Bertz CT molecular complexity index is 426. The van der Waals surface area contributed by atoms with Crippen LogP contribution in [0.3, 0.4) is 0 Å². The Hall–Kier alpha value is -0.610. The number of hydrogen-bond acceptors (Lipinski definition) is 5. The van der Waals surface area contributed by atoms with Crippen LogP contribution in [0.25, 0.3) is 0 Å². The number of hydrogen-bond donors (Lipinski definition) is 0. The van der Waals surface area contributed by atoms with Gasteiger partial charge in [0.05, 0.1) is 19.8 Å². The first-order valence-corrected chi connectivity index (χ1v) is 13.9. The standard InChI is InChI=1S/C25H48O5P/c1-5-9-12-15-18-21-28-25(31(27)24(26)8-4,29-22-19-16-13-10-6-2)30-23-20-17-14-11-7-3/h8H,4-7,9-23H2,1-3H3/q+1. The molecule has 0 aromatic rings. The van der Waals surface area contributed by atoms with Crippen molar-refractivity contribution >= 4 is 13.3 Å². The molecule has 0 aliphatic carbocycles. The minimum absolute atomic E-state index is 0.362. The molecular formula is C25H48O5P+. The van der Waals surface area contributed by atoms with Crippen molar-refractivity contribution in [3.05, 3.63) is 12.7 Å². The molecule has 0 rings (SSSR count). The predicted octanol–water partition coefficient (Wildman–Crippen LogP) is 8.10. The molecule has 0 amide bonds. The van der Waals surface area contributed by atoms with Gasteiger partial charge in [0.25, 0.3) is 0 Å². The molecule has 0 bridgehead atoms. The Morgan fingerprint density at radius 2 is 1.00 bits per heavy atom. The first-order valence-electron chi connectivity index (χ1n) is 12.6. The van der Waals surface area contributed by atoms with Gasteiger partial charge in [-0.3, -0.25) is 14.2 Å². The Balaban J connectivity index is 5.00. The lowest BCUT2D eigenvalue weighted by Crippen LogP contribution is -2.38. The van der Waals surface area contributed by atoms with E-state index in [4.69, 9.17) is 14.2 Å². The lowest BCUT2D eigenvalue weighted by atomic mass is 10.2. The van der Waals surface area contributed by atoms with Crippen LogP contribution in [0, 0.1) is 0 Å². The third-order valence-electron chi connectivity index (χ3n) is 5.22. The molecule has 0 aromatic heterocycles. The van der Waals surface area contributed by atoms with E-state index in [2.05, 4.69) is 27.4 Å². The van der Waals surface area contributed by atoms with Gasteiger partial charge in [-0.1, -0.05) is 109 Å². The van der Waals surface area contributed by atoms with E-state index in [1.54, 1.807) is 0 Å². The van der Waals surface area contributed by atoms with Gasteiger partial charge in [-0.2, -0.15) is 0 Å². The summed E-state index contributed by atoms with van der Waals surface area (Å²) in [6.07, 6.45) is 17.2. The highest BCUT2D eigenvalue weighted by Gasteiger charge is 2.59. The summed E-state index contributed by atoms with van der Waals surface area (Å²) in [7, 11) is -2.55. The van der Waals surface area contributed by atoms with Crippen LogP contribution in [0.1, 0.15) is 117 Å². The summed E-state index contributed by atoms with van der Waals surface area (Å²) in [5, 5.41) is 0. The lowest BCUT2D eigenvalue weighted by Gasteiger charge is -2.23. The monoisotopic (exact) mass is 459 g/mol. The molecule has 0 saturated heterocycles. The lowest BCUT2D eigenvalue weighted by molar-refractivity contribution is -0.323. The zero-order valence-electron chi connectivity index (χ0n) is 20.5. The Morgan fingerprint density at radius 1 is 0.677 bits per heavy atom. The van der Waals surface area contributed by atoms with Gasteiger partial charge in [0.2, 0.25) is 0 Å². The van der Waals surface area contributed by atoms with Crippen LogP contribution in [-0.4, -0.2) is 31.1 Å². The molecule has 182 valence electrons. The number of unbranched alkanes of at least 4 members (excludes halogenated alkanes) is 12. The molecular weight excluding hydrogens is 411 g/mol. The first kappa shape index (κ1) is 30.4. The van der Waals surface area contributed by atoms with Crippen molar-refractivity contribution in [1.29, 1.82) is 0 Å². The molecule has 0 radical (unpaired) electrons. The van der Waals surface area contributed by atoms with Crippen molar-refractivity contribution < 1.29 is 23.6 Å². The molecule has 0 aliphatic heterocycles. The normalized spacial score (nSPS) is 12.2. The maximum absolute atomic E-state index is 13.0. The van der Waals surface area contributed by atoms with Crippen LogP contribution in [0.2, 0.25) is 0 Å². The van der Waals surface area contributed by atoms with E-state index in [0.29, 0.717) is 19.8 Å². The SMILES string of the molecule is C=CC(=O)[P+](=O)C(OCCCCCCC)(OCCCCCCC)OCCCCCCC. The molecule has 0 spiro atoms. The van der Waals surface area contributed by atoms with Crippen molar-refractivity contribution in [2.45, 2.75) is 123 Å². The van der Waals surface area contributed by atoms with Gasteiger partial charge in [0.1, 0.15) is 0 Å². The summed E-state index contributed by atoms with van der Waals surface area (Å²) >= 11 is 0. The van der Waals surface area contributed by atoms with Gasteiger partial charge in [0.15, 0.2) is 0 Å². The zero-order valence-corrected chi connectivity index (χ0v) is 21.4. The molecule has 0 N–H and O–H groups in total. The van der Waals surface area contributed by atoms with Crippen molar-refractivity contribution in [3.63, 3.8) is 0 Å². The maximum Gasteiger partial charge on any atom is 0.519 e. The fourth-order valence-electron chi connectivity index (χ4n) is 3.24.